The van der Waals surface area contributed by atoms with Crippen molar-refractivity contribution in [1.29, 1.82) is 0 Å². The number of nitrogens with one attached hydrogen (secondary N) is 1. The van der Waals surface area contributed by atoms with E-state index in [0.717, 1.165) is 17.2 Å². The molecule has 0 fully saturated rings. The zero-order chi connectivity index (χ0) is 16.6. The predicted molar refractivity (Wildman–Crippen MR) is 88.5 cm³/mol. The first-order valence-electron chi connectivity index (χ1n) is 7.68. The second kappa shape index (κ2) is 5.87. The maximum atomic E-state index is 12.6. The Balaban J connectivity index is 1.79. The third-order valence-electron chi connectivity index (χ3n) is 3.97. The van der Waals surface area contributed by atoms with E-state index in [1.807, 2.05) is 61.3 Å². The quantitative estimate of drug-likeness (QED) is 0.802. The van der Waals surface area contributed by atoms with Gasteiger partial charge >= 0.3 is 0 Å². The summed E-state index contributed by atoms with van der Waals surface area (Å²) in [6, 6.07) is 3.81. The second-order valence-corrected chi connectivity index (χ2v) is 5.99. The van der Waals surface area contributed by atoms with Crippen molar-refractivity contribution in [3.63, 3.8) is 0 Å². The van der Waals surface area contributed by atoms with Crippen LogP contribution in [0.5, 0.6) is 0 Å². The Morgan fingerprint density at radius 3 is 2.83 bits per heavy atom. The van der Waals surface area contributed by atoms with E-state index in [1.165, 1.54) is 0 Å². The molecule has 3 heterocycles. The minimum atomic E-state index is -0.105. The fraction of sp³-hybridized carbons (Fsp3) is 0.353. The number of hydrogen-bond donors (Lipinski definition) is 1. The fourth-order valence-electron chi connectivity index (χ4n) is 2.79. The van der Waals surface area contributed by atoms with Gasteiger partial charge in [0.2, 0.25) is 0 Å². The highest BCUT2D eigenvalue weighted by atomic mass is 16.1. The molecule has 3 aromatic rings. The highest BCUT2D eigenvalue weighted by Crippen LogP contribution is 2.14. The number of nitrogens with zero attached hydrogens (tertiary/aromatic N) is 4. The van der Waals surface area contributed by atoms with Crippen molar-refractivity contribution in [2.45, 2.75) is 33.2 Å². The summed E-state index contributed by atoms with van der Waals surface area (Å²) in [5.74, 6) is 0.844. The standard InChI is InChI=1S/C17H21N5O/c1-11-9-13(3)22-7-5-14(16(22)19-11)17(23)20-12(2)10-15-18-6-8-21(15)4/h5-9,12H,10H2,1-4H3,(H,20,23). The van der Waals surface area contributed by atoms with E-state index in [1.54, 1.807) is 6.20 Å². The number of aryl methyl sites for hydroxylation is 3. The molecule has 0 saturated carbocycles. The summed E-state index contributed by atoms with van der Waals surface area (Å²) >= 11 is 0. The summed E-state index contributed by atoms with van der Waals surface area (Å²) in [5, 5.41) is 3.03. The zero-order valence-electron chi connectivity index (χ0n) is 13.9. The average Bonchev–Trinajstić information content (AvgIpc) is 3.06. The minimum absolute atomic E-state index is 0.00976. The molecular weight excluding hydrogens is 290 g/mol. The van der Waals surface area contributed by atoms with Gasteiger partial charge < -0.3 is 14.3 Å². The molecule has 0 bridgehead atoms. The van der Waals surface area contributed by atoms with Gasteiger partial charge in [-0.25, -0.2) is 9.97 Å². The third-order valence-corrected chi connectivity index (χ3v) is 3.97. The number of imidazole rings is 1. The van der Waals surface area contributed by atoms with Crippen molar-refractivity contribution in [2.75, 3.05) is 0 Å². The van der Waals surface area contributed by atoms with Crippen LogP contribution in [0.4, 0.5) is 0 Å². The minimum Gasteiger partial charge on any atom is -0.349 e. The van der Waals surface area contributed by atoms with Crippen molar-refractivity contribution in [3.8, 4) is 0 Å². The largest absolute Gasteiger partial charge is 0.349 e. The molecule has 3 rings (SSSR count). The van der Waals surface area contributed by atoms with Crippen LogP contribution in [0.25, 0.3) is 5.65 Å². The fourth-order valence-corrected chi connectivity index (χ4v) is 2.79. The number of amides is 1. The predicted octanol–water partition coefficient (Wildman–Crippen LogP) is 2.05. The summed E-state index contributed by atoms with van der Waals surface area (Å²) in [7, 11) is 1.95. The summed E-state index contributed by atoms with van der Waals surface area (Å²) in [5.41, 5.74) is 3.27. The Labute approximate surface area is 135 Å². The van der Waals surface area contributed by atoms with E-state index in [-0.39, 0.29) is 11.9 Å². The van der Waals surface area contributed by atoms with Gasteiger partial charge in [0.1, 0.15) is 11.5 Å². The van der Waals surface area contributed by atoms with Crippen LogP contribution in [0, 0.1) is 13.8 Å². The first-order chi connectivity index (χ1) is 11.0. The van der Waals surface area contributed by atoms with Crippen LogP contribution in [-0.4, -0.2) is 30.9 Å². The van der Waals surface area contributed by atoms with Gasteiger partial charge in [0, 0.05) is 49.5 Å². The molecule has 0 aliphatic heterocycles. The van der Waals surface area contributed by atoms with Crippen molar-refractivity contribution in [2.24, 2.45) is 7.05 Å². The molecule has 1 N–H and O–H groups in total. The number of aromatic nitrogens is 4. The molecular formula is C17H21N5O. The lowest BCUT2D eigenvalue weighted by molar-refractivity contribution is 0.0941. The van der Waals surface area contributed by atoms with Gasteiger partial charge in [-0.15, -0.1) is 0 Å². The number of hydrogen-bond acceptors (Lipinski definition) is 3. The lowest BCUT2D eigenvalue weighted by Crippen LogP contribution is -2.34. The Hall–Kier alpha value is -2.63. The van der Waals surface area contributed by atoms with Gasteiger partial charge in [0.25, 0.3) is 5.91 Å². The van der Waals surface area contributed by atoms with Gasteiger partial charge in [-0.2, -0.15) is 0 Å². The average molecular weight is 311 g/mol. The number of carbonyl (C=O) groups is 1. The van der Waals surface area contributed by atoms with Crippen LogP contribution in [0.3, 0.4) is 0 Å². The van der Waals surface area contributed by atoms with Crippen LogP contribution in [0.2, 0.25) is 0 Å². The summed E-state index contributed by atoms with van der Waals surface area (Å²) in [4.78, 5) is 21.4. The van der Waals surface area contributed by atoms with E-state index < -0.39 is 0 Å². The van der Waals surface area contributed by atoms with E-state index in [2.05, 4.69) is 15.3 Å². The highest BCUT2D eigenvalue weighted by Gasteiger charge is 2.17. The molecule has 6 nitrogen and oxygen atoms in total. The van der Waals surface area contributed by atoms with E-state index in [9.17, 15) is 4.79 Å². The number of fused-ring (bicyclic) bond motifs is 1. The Bertz CT molecular complexity index is 861. The Morgan fingerprint density at radius 2 is 2.13 bits per heavy atom. The van der Waals surface area contributed by atoms with Crippen LogP contribution < -0.4 is 5.32 Å². The first kappa shape index (κ1) is 15.3. The SMILES string of the molecule is Cc1cc(C)n2ccc(C(=O)NC(C)Cc3nccn3C)c2n1. The van der Waals surface area contributed by atoms with Crippen molar-refractivity contribution in [3.05, 3.63) is 53.5 Å². The van der Waals surface area contributed by atoms with Crippen LogP contribution in [0.15, 0.2) is 30.7 Å². The lowest BCUT2D eigenvalue weighted by Gasteiger charge is -2.13. The van der Waals surface area contributed by atoms with E-state index in [4.69, 9.17) is 0 Å². The van der Waals surface area contributed by atoms with Gasteiger partial charge in [0.05, 0.1) is 5.56 Å². The van der Waals surface area contributed by atoms with Gasteiger partial charge in [-0.3, -0.25) is 4.79 Å². The molecule has 0 aliphatic carbocycles. The molecule has 3 aromatic heterocycles. The monoisotopic (exact) mass is 311 g/mol. The molecule has 1 amide bonds. The lowest BCUT2D eigenvalue weighted by atomic mass is 10.2. The maximum absolute atomic E-state index is 12.6. The molecule has 0 aliphatic rings. The van der Waals surface area contributed by atoms with E-state index >= 15 is 0 Å². The summed E-state index contributed by atoms with van der Waals surface area (Å²) in [6.07, 6.45) is 6.24. The first-order valence-corrected chi connectivity index (χ1v) is 7.68. The Morgan fingerprint density at radius 1 is 1.35 bits per heavy atom. The van der Waals surface area contributed by atoms with Crippen LogP contribution in [0.1, 0.15) is 34.5 Å². The van der Waals surface area contributed by atoms with E-state index in [0.29, 0.717) is 17.6 Å². The Kier molecular flexibility index (Phi) is 3.90. The highest BCUT2D eigenvalue weighted by molar-refractivity contribution is 6.00. The van der Waals surface area contributed by atoms with Crippen molar-refractivity contribution >= 4 is 11.6 Å². The van der Waals surface area contributed by atoms with Gasteiger partial charge in [-0.1, -0.05) is 0 Å². The van der Waals surface area contributed by atoms with Gasteiger partial charge in [-0.05, 0) is 32.9 Å². The van der Waals surface area contributed by atoms with Crippen LogP contribution >= 0.6 is 0 Å². The van der Waals surface area contributed by atoms with Crippen molar-refractivity contribution in [1.82, 2.24) is 24.3 Å². The second-order valence-electron chi connectivity index (χ2n) is 5.99. The smallest absolute Gasteiger partial charge is 0.255 e. The van der Waals surface area contributed by atoms with Gasteiger partial charge in [0.15, 0.2) is 0 Å². The number of carbonyl (C=O) groups excluding carboxylic acids is 1. The molecule has 0 spiro atoms. The molecule has 23 heavy (non-hydrogen) atoms. The molecule has 1 unspecified atom stereocenters. The molecule has 1 atom stereocenters. The zero-order valence-corrected chi connectivity index (χ0v) is 13.9. The normalized spacial score (nSPS) is 12.5. The van der Waals surface area contributed by atoms with Crippen LogP contribution in [-0.2, 0) is 13.5 Å². The number of rotatable bonds is 4. The molecule has 0 saturated heterocycles. The molecule has 0 radical (unpaired) electrons. The summed E-state index contributed by atoms with van der Waals surface area (Å²) in [6.45, 7) is 5.92. The third kappa shape index (κ3) is 2.97. The van der Waals surface area contributed by atoms with Crippen molar-refractivity contribution < 1.29 is 4.79 Å². The molecule has 6 heteroatoms. The molecule has 0 aromatic carbocycles. The topological polar surface area (TPSA) is 64.2 Å². The molecule has 120 valence electrons. The summed E-state index contributed by atoms with van der Waals surface area (Å²) < 4.78 is 3.90. The maximum Gasteiger partial charge on any atom is 0.255 e.